The summed E-state index contributed by atoms with van der Waals surface area (Å²) >= 11 is 0. The minimum atomic E-state index is -3.90. The van der Waals surface area contributed by atoms with Gasteiger partial charge < -0.3 is 5.11 Å². The van der Waals surface area contributed by atoms with Crippen LogP contribution in [0.15, 0.2) is 89.8 Å². The van der Waals surface area contributed by atoms with Crippen molar-refractivity contribution in [3.8, 4) is 0 Å². The van der Waals surface area contributed by atoms with Gasteiger partial charge in [-0.1, -0.05) is 92.2 Å². The summed E-state index contributed by atoms with van der Waals surface area (Å²) in [5, 5.41) is 11.3. The van der Waals surface area contributed by atoms with Crippen LogP contribution in [0.4, 0.5) is 0 Å². The largest absolute Gasteiger partial charge is 0.392 e. The van der Waals surface area contributed by atoms with Gasteiger partial charge in [-0.2, -0.15) is 0 Å². The van der Waals surface area contributed by atoms with Gasteiger partial charge in [0.05, 0.1) is 16.9 Å². The van der Waals surface area contributed by atoms with Crippen molar-refractivity contribution in [2.75, 3.05) is 0 Å². The van der Waals surface area contributed by atoms with Gasteiger partial charge in [-0.05, 0) is 43.4 Å². The Kier molecular flexibility index (Phi) is 8.78. The molecule has 0 amide bonds. The molecule has 0 unspecified atom stereocenters. The molecular weight excluding hydrogens is 446 g/mol. The molecule has 0 bridgehead atoms. The highest BCUT2D eigenvalue weighted by atomic mass is 32.2. The fourth-order valence-electron chi connectivity index (χ4n) is 4.10. The van der Waals surface area contributed by atoms with Gasteiger partial charge in [0.1, 0.15) is 0 Å². The zero-order chi connectivity index (χ0) is 24.7. The van der Waals surface area contributed by atoms with E-state index in [0.717, 1.165) is 11.1 Å². The third-order valence-corrected chi connectivity index (χ3v) is 7.55. The summed E-state index contributed by atoms with van der Waals surface area (Å²) in [5.41, 5.74) is 2.45. The summed E-state index contributed by atoms with van der Waals surface area (Å²) in [6, 6.07) is 24.3. The smallest absolute Gasteiger partial charge is 0.240 e. The van der Waals surface area contributed by atoms with Crippen molar-refractivity contribution < 1.29 is 18.3 Å². The van der Waals surface area contributed by atoms with E-state index < -0.39 is 28.1 Å². The molecule has 2 N–H and O–H groups in total. The molecule has 5 nitrogen and oxygen atoms in total. The van der Waals surface area contributed by atoms with Crippen molar-refractivity contribution in [3.63, 3.8) is 0 Å². The number of Topliss-reactive ketones (excluding diaryl/α,β-unsaturated/α-hetero) is 1. The van der Waals surface area contributed by atoms with Crippen LogP contribution in [0.5, 0.6) is 0 Å². The molecule has 0 saturated carbocycles. The molecule has 3 aromatic carbocycles. The second-order valence-electron chi connectivity index (χ2n) is 9.05. The highest BCUT2D eigenvalue weighted by Gasteiger charge is 2.39. The van der Waals surface area contributed by atoms with Gasteiger partial charge in [-0.15, -0.1) is 0 Å². The van der Waals surface area contributed by atoms with E-state index in [-0.39, 0.29) is 16.6 Å². The van der Waals surface area contributed by atoms with Crippen LogP contribution >= 0.6 is 0 Å². The highest BCUT2D eigenvalue weighted by molar-refractivity contribution is 7.89. The van der Waals surface area contributed by atoms with E-state index in [1.165, 1.54) is 0 Å². The molecule has 3 atom stereocenters. The van der Waals surface area contributed by atoms with Gasteiger partial charge in [0.15, 0.2) is 5.78 Å². The van der Waals surface area contributed by atoms with Gasteiger partial charge >= 0.3 is 0 Å². The molecule has 34 heavy (non-hydrogen) atoms. The first-order valence-corrected chi connectivity index (χ1v) is 13.1. The van der Waals surface area contributed by atoms with E-state index >= 15 is 0 Å². The molecule has 0 aromatic heterocycles. The van der Waals surface area contributed by atoms with E-state index in [1.807, 2.05) is 57.2 Å². The van der Waals surface area contributed by atoms with Gasteiger partial charge in [0.2, 0.25) is 10.0 Å². The Morgan fingerprint density at radius 3 is 2.00 bits per heavy atom. The lowest BCUT2D eigenvalue weighted by Gasteiger charge is -2.33. The van der Waals surface area contributed by atoms with Crippen LogP contribution in [0.25, 0.3) is 0 Å². The highest BCUT2D eigenvalue weighted by Crippen LogP contribution is 2.26. The quantitative estimate of drug-likeness (QED) is 0.387. The van der Waals surface area contributed by atoms with Crippen LogP contribution in [0, 0.1) is 18.8 Å². The summed E-state index contributed by atoms with van der Waals surface area (Å²) in [4.78, 5) is 13.7. The summed E-state index contributed by atoms with van der Waals surface area (Å²) < 4.78 is 29.2. The summed E-state index contributed by atoms with van der Waals surface area (Å²) in [7, 11) is -3.90. The molecule has 0 saturated heterocycles. The maximum absolute atomic E-state index is 13.6. The standard InChI is InChI=1S/C28H33NO4S/c1-20(2)27(29-34(32,33)24-17-14-21(3)15-18-24)26(28(31)23-12-8-5-9-13-23)25(30)19-16-22-10-6-4-7-11-22/h4-15,17-18,20,25-27,29-30H,16,19H2,1-3H3/t25-,26+,27+/m1/s1. The maximum Gasteiger partial charge on any atom is 0.240 e. The average molecular weight is 480 g/mol. The lowest BCUT2D eigenvalue weighted by Crippen LogP contribution is -2.51. The summed E-state index contributed by atoms with van der Waals surface area (Å²) in [6.45, 7) is 5.60. The van der Waals surface area contributed by atoms with Crippen LogP contribution in [0.3, 0.4) is 0 Å². The van der Waals surface area contributed by atoms with Crippen molar-refractivity contribution in [2.45, 2.75) is 50.7 Å². The number of aliphatic hydroxyl groups is 1. The molecule has 0 heterocycles. The molecule has 0 aliphatic heterocycles. The number of ketones is 1. The predicted molar refractivity (Wildman–Crippen MR) is 135 cm³/mol. The van der Waals surface area contributed by atoms with E-state index in [9.17, 15) is 18.3 Å². The van der Waals surface area contributed by atoms with Gasteiger partial charge in [-0.25, -0.2) is 13.1 Å². The van der Waals surface area contributed by atoms with Crippen molar-refractivity contribution in [1.29, 1.82) is 0 Å². The summed E-state index contributed by atoms with van der Waals surface area (Å²) in [5.74, 6) is -1.44. The number of aryl methyl sites for hydroxylation is 2. The predicted octanol–water partition coefficient (Wildman–Crippen LogP) is 4.79. The van der Waals surface area contributed by atoms with E-state index in [4.69, 9.17) is 0 Å². The number of rotatable bonds is 11. The van der Waals surface area contributed by atoms with Crippen LogP contribution in [-0.4, -0.2) is 31.5 Å². The summed E-state index contributed by atoms with van der Waals surface area (Å²) in [6.07, 6.45) is -0.111. The second-order valence-corrected chi connectivity index (χ2v) is 10.8. The molecule has 0 spiro atoms. The molecule has 0 aliphatic rings. The fourth-order valence-corrected chi connectivity index (χ4v) is 5.51. The Labute approximate surface area is 202 Å². The molecule has 0 aliphatic carbocycles. The zero-order valence-corrected chi connectivity index (χ0v) is 20.7. The molecular formula is C28H33NO4S. The maximum atomic E-state index is 13.6. The van der Waals surface area contributed by atoms with Gasteiger partial charge in [0, 0.05) is 11.6 Å². The SMILES string of the molecule is Cc1ccc(S(=O)(=O)N[C@@H](C(C)C)[C@@H](C(=O)c2ccccc2)[C@H](O)CCc2ccccc2)cc1. The third-order valence-electron chi connectivity index (χ3n) is 6.07. The molecule has 3 aromatic rings. The molecule has 3 rings (SSSR count). The monoisotopic (exact) mass is 479 g/mol. The van der Waals surface area contributed by atoms with Crippen LogP contribution in [-0.2, 0) is 16.4 Å². The molecule has 180 valence electrons. The number of aliphatic hydroxyl groups excluding tert-OH is 1. The number of carbonyl (C=O) groups is 1. The number of carbonyl (C=O) groups excluding carboxylic acids is 1. The fraction of sp³-hybridized carbons (Fsp3) is 0.321. The Morgan fingerprint density at radius 1 is 0.882 bits per heavy atom. The van der Waals surface area contributed by atoms with Crippen molar-refractivity contribution in [1.82, 2.24) is 4.72 Å². The van der Waals surface area contributed by atoms with Crippen LogP contribution in [0.2, 0.25) is 0 Å². The van der Waals surface area contributed by atoms with Gasteiger partial charge in [0.25, 0.3) is 0 Å². The number of hydrogen-bond donors (Lipinski definition) is 2. The Balaban J connectivity index is 1.93. The molecule has 6 heteroatoms. The Bertz CT molecular complexity index is 1160. The number of sulfonamides is 1. The first-order valence-electron chi connectivity index (χ1n) is 11.6. The Hall–Kier alpha value is -2.80. The average Bonchev–Trinajstić information content (AvgIpc) is 2.83. The minimum Gasteiger partial charge on any atom is -0.392 e. The van der Waals surface area contributed by atoms with E-state index in [2.05, 4.69) is 4.72 Å². The lowest BCUT2D eigenvalue weighted by atomic mass is 9.80. The topological polar surface area (TPSA) is 83.5 Å². The number of benzene rings is 3. The minimum absolute atomic E-state index is 0.133. The normalized spacial score (nSPS) is 14.5. The first-order chi connectivity index (χ1) is 16.2. The second kappa shape index (κ2) is 11.6. The van der Waals surface area contributed by atoms with Crippen molar-refractivity contribution in [2.24, 2.45) is 11.8 Å². The Morgan fingerprint density at radius 2 is 1.44 bits per heavy atom. The number of hydrogen-bond acceptors (Lipinski definition) is 4. The zero-order valence-electron chi connectivity index (χ0n) is 19.9. The lowest BCUT2D eigenvalue weighted by molar-refractivity contribution is 0.0522. The first kappa shape index (κ1) is 25.8. The van der Waals surface area contributed by atoms with Crippen LogP contribution < -0.4 is 4.72 Å². The van der Waals surface area contributed by atoms with Crippen molar-refractivity contribution in [3.05, 3.63) is 102 Å². The molecule has 0 radical (unpaired) electrons. The number of nitrogens with one attached hydrogen (secondary N) is 1. The van der Waals surface area contributed by atoms with Crippen molar-refractivity contribution >= 4 is 15.8 Å². The third kappa shape index (κ3) is 6.63. The van der Waals surface area contributed by atoms with Crippen LogP contribution in [0.1, 0.15) is 41.8 Å². The molecule has 0 fully saturated rings. The van der Waals surface area contributed by atoms with E-state index in [0.29, 0.717) is 18.4 Å². The van der Waals surface area contributed by atoms with Gasteiger partial charge in [-0.3, -0.25) is 4.79 Å². The van der Waals surface area contributed by atoms with E-state index in [1.54, 1.807) is 48.5 Å².